The lowest BCUT2D eigenvalue weighted by Crippen LogP contribution is -2.29. The summed E-state index contributed by atoms with van der Waals surface area (Å²) in [5.41, 5.74) is 0.556. The molecule has 18 heavy (non-hydrogen) atoms. The number of hydrogen-bond donors (Lipinski definition) is 2. The van der Waals surface area contributed by atoms with E-state index in [4.69, 9.17) is 5.11 Å². The number of rotatable bonds is 7. The van der Waals surface area contributed by atoms with E-state index in [9.17, 15) is 8.42 Å². The Labute approximate surface area is 108 Å². The Balaban J connectivity index is 3.26. The van der Waals surface area contributed by atoms with E-state index in [1.165, 1.54) is 13.1 Å². The van der Waals surface area contributed by atoms with Gasteiger partial charge in [0, 0.05) is 13.1 Å². The second-order valence-corrected chi connectivity index (χ2v) is 5.49. The van der Waals surface area contributed by atoms with Crippen LogP contribution in [0.5, 0.6) is 0 Å². The lowest BCUT2D eigenvalue weighted by Gasteiger charge is -2.24. The van der Waals surface area contributed by atoms with Crippen LogP contribution < -0.4 is 9.62 Å². The number of benzene rings is 1. The van der Waals surface area contributed by atoms with E-state index in [-0.39, 0.29) is 11.5 Å². The second kappa shape index (κ2) is 6.53. The number of aliphatic hydroxyl groups is 1. The topological polar surface area (TPSA) is 69.6 Å². The first-order valence-corrected chi connectivity index (χ1v) is 7.04. The molecule has 0 heterocycles. The fourth-order valence-corrected chi connectivity index (χ4v) is 2.59. The molecule has 0 aliphatic carbocycles. The van der Waals surface area contributed by atoms with Crippen LogP contribution in [-0.4, -0.2) is 40.3 Å². The molecule has 2 N–H and O–H groups in total. The third kappa shape index (κ3) is 3.32. The molecular formula is C12H18N2O3S. The maximum Gasteiger partial charge on any atom is 0.242 e. The van der Waals surface area contributed by atoms with Gasteiger partial charge in [0.05, 0.1) is 12.3 Å². The van der Waals surface area contributed by atoms with Gasteiger partial charge in [-0.3, -0.25) is 0 Å². The number of anilines is 1. The molecule has 1 rings (SSSR count). The lowest BCUT2D eigenvalue weighted by molar-refractivity contribution is 0.303. The van der Waals surface area contributed by atoms with Gasteiger partial charge in [-0.05, 0) is 19.2 Å². The largest absolute Gasteiger partial charge is 0.395 e. The van der Waals surface area contributed by atoms with E-state index < -0.39 is 10.0 Å². The zero-order valence-electron chi connectivity index (χ0n) is 10.3. The van der Waals surface area contributed by atoms with Gasteiger partial charge in [-0.15, -0.1) is 6.58 Å². The number of hydrogen-bond acceptors (Lipinski definition) is 4. The minimum atomic E-state index is -3.52. The van der Waals surface area contributed by atoms with Crippen LogP contribution in [-0.2, 0) is 10.0 Å². The molecule has 0 aliphatic heterocycles. The van der Waals surface area contributed by atoms with Crippen LogP contribution in [0.3, 0.4) is 0 Å². The molecular weight excluding hydrogens is 252 g/mol. The van der Waals surface area contributed by atoms with Gasteiger partial charge >= 0.3 is 0 Å². The highest BCUT2D eigenvalue weighted by Crippen LogP contribution is 2.24. The standard InChI is InChI=1S/C12H18N2O3S/c1-3-8-14(9-10-15)11-6-4-5-7-12(11)18(16,17)13-2/h3-7,13,15H,1,8-10H2,2H3. The molecule has 0 amide bonds. The zero-order chi connectivity index (χ0) is 13.6. The zero-order valence-corrected chi connectivity index (χ0v) is 11.2. The maximum absolute atomic E-state index is 11.9. The molecule has 0 bridgehead atoms. The second-order valence-electron chi connectivity index (χ2n) is 3.63. The van der Waals surface area contributed by atoms with Crippen molar-refractivity contribution < 1.29 is 13.5 Å². The van der Waals surface area contributed by atoms with Gasteiger partial charge in [0.25, 0.3) is 0 Å². The summed E-state index contributed by atoms with van der Waals surface area (Å²) >= 11 is 0. The Morgan fingerprint density at radius 3 is 2.67 bits per heavy atom. The first-order valence-electron chi connectivity index (χ1n) is 5.56. The van der Waals surface area contributed by atoms with Crippen molar-refractivity contribution in [1.82, 2.24) is 4.72 Å². The van der Waals surface area contributed by atoms with Crippen molar-refractivity contribution in [3.63, 3.8) is 0 Å². The average molecular weight is 270 g/mol. The molecule has 0 aliphatic rings. The summed E-state index contributed by atoms with van der Waals surface area (Å²) in [5.74, 6) is 0. The third-order valence-corrected chi connectivity index (χ3v) is 3.95. The molecule has 0 atom stereocenters. The predicted molar refractivity (Wildman–Crippen MR) is 72.2 cm³/mol. The van der Waals surface area contributed by atoms with E-state index in [2.05, 4.69) is 11.3 Å². The summed E-state index contributed by atoms with van der Waals surface area (Å²) in [4.78, 5) is 1.96. The van der Waals surface area contributed by atoms with Gasteiger partial charge in [-0.1, -0.05) is 18.2 Å². The third-order valence-electron chi connectivity index (χ3n) is 2.48. The fraction of sp³-hybridized carbons (Fsp3) is 0.333. The van der Waals surface area contributed by atoms with Crippen molar-refractivity contribution in [3.8, 4) is 0 Å². The number of para-hydroxylation sites is 1. The molecule has 0 saturated heterocycles. The minimum Gasteiger partial charge on any atom is -0.395 e. The van der Waals surface area contributed by atoms with Gasteiger partial charge in [-0.2, -0.15) is 0 Å². The van der Waals surface area contributed by atoms with Crippen molar-refractivity contribution in [2.24, 2.45) is 0 Å². The SMILES string of the molecule is C=CCN(CCO)c1ccccc1S(=O)(=O)NC. The normalized spacial score (nSPS) is 11.2. The predicted octanol–water partition coefficient (Wildman–Crippen LogP) is 0.579. The lowest BCUT2D eigenvalue weighted by atomic mass is 10.3. The number of sulfonamides is 1. The van der Waals surface area contributed by atoms with Crippen LogP contribution in [0.2, 0.25) is 0 Å². The molecule has 1 aromatic carbocycles. The Hall–Kier alpha value is -1.37. The molecule has 5 nitrogen and oxygen atoms in total. The molecule has 6 heteroatoms. The van der Waals surface area contributed by atoms with E-state index >= 15 is 0 Å². The van der Waals surface area contributed by atoms with E-state index in [0.717, 1.165) is 0 Å². The van der Waals surface area contributed by atoms with E-state index in [1.807, 2.05) is 0 Å². The minimum absolute atomic E-state index is 0.0538. The quantitative estimate of drug-likeness (QED) is 0.711. The van der Waals surface area contributed by atoms with Crippen molar-refractivity contribution in [2.75, 3.05) is 31.6 Å². The summed E-state index contributed by atoms with van der Waals surface area (Å²) in [6.07, 6.45) is 1.67. The highest BCUT2D eigenvalue weighted by Gasteiger charge is 2.19. The molecule has 0 radical (unpaired) electrons. The van der Waals surface area contributed by atoms with Gasteiger partial charge < -0.3 is 10.0 Å². The van der Waals surface area contributed by atoms with Crippen LogP contribution in [0.15, 0.2) is 41.8 Å². The maximum atomic E-state index is 11.9. The van der Waals surface area contributed by atoms with Gasteiger partial charge in [-0.25, -0.2) is 13.1 Å². The van der Waals surface area contributed by atoms with Crippen molar-refractivity contribution in [1.29, 1.82) is 0 Å². The molecule has 0 aromatic heterocycles. The van der Waals surface area contributed by atoms with Crippen molar-refractivity contribution in [3.05, 3.63) is 36.9 Å². The van der Waals surface area contributed by atoms with Crippen LogP contribution in [0.4, 0.5) is 5.69 Å². The van der Waals surface area contributed by atoms with E-state index in [0.29, 0.717) is 18.8 Å². The molecule has 0 unspecified atom stereocenters. The van der Waals surface area contributed by atoms with Gasteiger partial charge in [0.2, 0.25) is 10.0 Å². The highest BCUT2D eigenvalue weighted by atomic mass is 32.2. The molecule has 100 valence electrons. The van der Waals surface area contributed by atoms with Crippen molar-refractivity contribution >= 4 is 15.7 Å². The Morgan fingerprint density at radius 1 is 1.44 bits per heavy atom. The first-order chi connectivity index (χ1) is 8.56. The average Bonchev–Trinajstić information content (AvgIpc) is 2.38. The van der Waals surface area contributed by atoms with Crippen LogP contribution in [0, 0.1) is 0 Å². The molecule has 0 spiro atoms. The number of aliphatic hydroxyl groups excluding tert-OH is 1. The Kier molecular flexibility index (Phi) is 5.33. The van der Waals surface area contributed by atoms with Crippen LogP contribution in [0.25, 0.3) is 0 Å². The van der Waals surface area contributed by atoms with Crippen LogP contribution in [0.1, 0.15) is 0 Å². The van der Waals surface area contributed by atoms with Gasteiger partial charge in [0.1, 0.15) is 4.90 Å². The molecule has 0 saturated carbocycles. The summed E-state index contributed by atoms with van der Waals surface area (Å²) in [6, 6.07) is 6.67. The first kappa shape index (κ1) is 14.7. The van der Waals surface area contributed by atoms with Crippen molar-refractivity contribution in [2.45, 2.75) is 4.90 Å². The summed E-state index contributed by atoms with van der Waals surface area (Å²) in [6.45, 7) is 4.40. The summed E-state index contributed by atoms with van der Waals surface area (Å²) < 4.78 is 26.1. The fourth-order valence-electron chi connectivity index (χ4n) is 1.64. The summed E-state index contributed by atoms with van der Waals surface area (Å²) in [7, 11) is -2.15. The van der Waals surface area contributed by atoms with E-state index in [1.54, 1.807) is 29.2 Å². The van der Waals surface area contributed by atoms with Gasteiger partial charge in [0.15, 0.2) is 0 Å². The Morgan fingerprint density at radius 2 is 2.11 bits per heavy atom. The Bertz CT molecular complexity index is 500. The van der Waals surface area contributed by atoms with Crippen LogP contribution >= 0.6 is 0 Å². The highest BCUT2D eigenvalue weighted by molar-refractivity contribution is 7.89. The number of nitrogens with zero attached hydrogens (tertiary/aromatic N) is 1. The molecule has 0 fully saturated rings. The smallest absolute Gasteiger partial charge is 0.242 e. The number of nitrogens with one attached hydrogen (secondary N) is 1. The monoisotopic (exact) mass is 270 g/mol. The summed E-state index contributed by atoms with van der Waals surface area (Å²) in [5, 5.41) is 9.03. The molecule has 1 aromatic rings.